The van der Waals surface area contributed by atoms with Crippen LogP contribution in [0.25, 0.3) is 0 Å². The van der Waals surface area contributed by atoms with Gasteiger partial charge < -0.3 is 20.5 Å². The molecule has 0 aliphatic heterocycles. The van der Waals surface area contributed by atoms with E-state index < -0.39 is 6.10 Å². The Bertz CT molecular complexity index is 440. The number of hydrogen-bond acceptors (Lipinski definition) is 4. The summed E-state index contributed by atoms with van der Waals surface area (Å²) in [6.45, 7) is 2.99. The number of aryl methyl sites for hydroxylation is 1. The summed E-state index contributed by atoms with van der Waals surface area (Å²) in [5, 5.41) is 16.0. The lowest BCUT2D eigenvalue weighted by Gasteiger charge is -2.13. The largest absolute Gasteiger partial charge is 0.491 e. The van der Waals surface area contributed by atoms with Crippen LogP contribution in [0, 0.1) is 6.92 Å². The fourth-order valence-electron chi connectivity index (χ4n) is 1.55. The van der Waals surface area contributed by atoms with E-state index in [4.69, 9.17) is 16.3 Å². The van der Waals surface area contributed by atoms with Crippen molar-refractivity contribution in [1.29, 1.82) is 0 Å². The van der Waals surface area contributed by atoms with Crippen molar-refractivity contribution in [2.75, 3.05) is 26.7 Å². The van der Waals surface area contributed by atoms with Crippen molar-refractivity contribution in [3.05, 3.63) is 28.8 Å². The molecule has 1 atom stereocenters. The molecule has 0 spiro atoms. The second-order valence-electron chi connectivity index (χ2n) is 4.50. The van der Waals surface area contributed by atoms with Crippen LogP contribution in [0.3, 0.4) is 0 Å². The van der Waals surface area contributed by atoms with Crippen molar-refractivity contribution in [1.82, 2.24) is 10.6 Å². The number of halogens is 1. The lowest BCUT2D eigenvalue weighted by molar-refractivity contribution is -0.120. The summed E-state index contributed by atoms with van der Waals surface area (Å²) in [5.74, 6) is 0.649. The fraction of sp³-hybridized carbons (Fsp3) is 0.500. The summed E-state index contributed by atoms with van der Waals surface area (Å²) >= 11 is 5.92. The van der Waals surface area contributed by atoms with Crippen LogP contribution in [-0.4, -0.2) is 43.9 Å². The highest BCUT2D eigenvalue weighted by atomic mass is 35.5. The quantitative estimate of drug-likeness (QED) is 0.629. The topological polar surface area (TPSA) is 70.6 Å². The average molecular weight is 301 g/mol. The summed E-state index contributed by atoms with van der Waals surface area (Å²) in [5.41, 5.74) is 0.933. The van der Waals surface area contributed by atoms with Gasteiger partial charge in [0.05, 0.1) is 0 Å². The molecule has 1 amide bonds. The standard InChI is InChI=1S/C14H21ClN2O3/c1-10-7-12(3-4-13(10)15)20-9-11(18)8-17-6-5-14(19)16-2/h3-4,7,11,17-18H,5-6,8-9H2,1-2H3,(H,16,19). The van der Waals surface area contributed by atoms with Crippen LogP contribution in [-0.2, 0) is 4.79 Å². The molecule has 0 aliphatic rings. The highest BCUT2D eigenvalue weighted by Gasteiger charge is 2.06. The first-order chi connectivity index (χ1) is 9.52. The zero-order valence-corrected chi connectivity index (χ0v) is 12.5. The zero-order chi connectivity index (χ0) is 15.0. The number of rotatable bonds is 8. The van der Waals surface area contributed by atoms with E-state index in [2.05, 4.69) is 10.6 Å². The van der Waals surface area contributed by atoms with Crippen LogP contribution in [0.1, 0.15) is 12.0 Å². The first-order valence-electron chi connectivity index (χ1n) is 6.51. The van der Waals surface area contributed by atoms with E-state index in [-0.39, 0.29) is 12.5 Å². The molecular weight excluding hydrogens is 280 g/mol. The van der Waals surface area contributed by atoms with Crippen LogP contribution in [0.15, 0.2) is 18.2 Å². The predicted octanol–water partition coefficient (Wildman–Crippen LogP) is 1.11. The molecule has 5 nitrogen and oxygen atoms in total. The van der Waals surface area contributed by atoms with Gasteiger partial charge in [-0.05, 0) is 30.7 Å². The van der Waals surface area contributed by atoms with E-state index in [0.717, 1.165) is 5.56 Å². The Morgan fingerprint density at radius 3 is 2.90 bits per heavy atom. The molecule has 0 radical (unpaired) electrons. The molecule has 0 aliphatic carbocycles. The predicted molar refractivity (Wildman–Crippen MR) is 79.2 cm³/mol. The highest BCUT2D eigenvalue weighted by molar-refractivity contribution is 6.31. The summed E-state index contributed by atoms with van der Waals surface area (Å²) in [6.07, 6.45) is -0.240. The van der Waals surface area contributed by atoms with Crippen LogP contribution < -0.4 is 15.4 Å². The molecule has 20 heavy (non-hydrogen) atoms. The number of aliphatic hydroxyl groups is 1. The lowest BCUT2D eigenvalue weighted by Crippen LogP contribution is -2.33. The first kappa shape index (κ1) is 16.8. The van der Waals surface area contributed by atoms with Crippen molar-refractivity contribution < 1.29 is 14.6 Å². The van der Waals surface area contributed by atoms with E-state index in [1.807, 2.05) is 13.0 Å². The molecule has 112 valence electrons. The van der Waals surface area contributed by atoms with Crippen LogP contribution in [0.5, 0.6) is 5.75 Å². The molecule has 1 aromatic carbocycles. The van der Waals surface area contributed by atoms with Crippen molar-refractivity contribution >= 4 is 17.5 Å². The molecule has 1 aromatic rings. The van der Waals surface area contributed by atoms with Gasteiger partial charge >= 0.3 is 0 Å². The summed E-state index contributed by atoms with van der Waals surface area (Å²) in [6, 6.07) is 5.36. The summed E-state index contributed by atoms with van der Waals surface area (Å²) in [7, 11) is 1.60. The Balaban J connectivity index is 2.20. The third kappa shape index (κ3) is 6.23. The number of aliphatic hydroxyl groups excluding tert-OH is 1. The third-order valence-electron chi connectivity index (χ3n) is 2.76. The maximum Gasteiger partial charge on any atom is 0.221 e. The normalized spacial score (nSPS) is 12.0. The Labute approximate surface area is 124 Å². The molecule has 0 aromatic heterocycles. The molecular formula is C14H21ClN2O3. The molecule has 0 saturated heterocycles. The molecule has 0 bridgehead atoms. The Morgan fingerprint density at radius 1 is 1.50 bits per heavy atom. The minimum atomic E-state index is -0.629. The minimum Gasteiger partial charge on any atom is -0.491 e. The van der Waals surface area contributed by atoms with Gasteiger partial charge in [0.15, 0.2) is 0 Å². The van der Waals surface area contributed by atoms with Crippen molar-refractivity contribution in [2.24, 2.45) is 0 Å². The molecule has 0 fully saturated rings. The van der Waals surface area contributed by atoms with Crippen molar-refractivity contribution in [2.45, 2.75) is 19.4 Å². The van der Waals surface area contributed by atoms with E-state index in [0.29, 0.717) is 30.3 Å². The highest BCUT2D eigenvalue weighted by Crippen LogP contribution is 2.20. The number of carbonyl (C=O) groups is 1. The second kappa shape index (κ2) is 8.79. The SMILES string of the molecule is CNC(=O)CCNCC(O)COc1ccc(Cl)c(C)c1. The number of nitrogens with one attached hydrogen (secondary N) is 2. The first-order valence-corrected chi connectivity index (χ1v) is 6.89. The maximum atomic E-state index is 11.0. The van der Waals surface area contributed by atoms with Crippen LogP contribution in [0.2, 0.25) is 5.02 Å². The van der Waals surface area contributed by atoms with E-state index in [1.54, 1.807) is 19.2 Å². The molecule has 6 heteroatoms. The van der Waals surface area contributed by atoms with Gasteiger partial charge in [0.1, 0.15) is 18.5 Å². The second-order valence-corrected chi connectivity index (χ2v) is 4.91. The lowest BCUT2D eigenvalue weighted by atomic mass is 10.2. The fourth-order valence-corrected chi connectivity index (χ4v) is 1.67. The number of amides is 1. The molecule has 0 heterocycles. The molecule has 3 N–H and O–H groups in total. The minimum absolute atomic E-state index is 0.0279. The van der Waals surface area contributed by atoms with Gasteiger partial charge in [0.25, 0.3) is 0 Å². The van der Waals surface area contributed by atoms with Gasteiger partial charge in [-0.15, -0.1) is 0 Å². The van der Waals surface area contributed by atoms with Gasteiger partial charge in [-0.25, -0.2) is 0 Å². The van der Waals surface area contributed by atoms with Crippen molar-refractivity contribution in [3.8, 4) is 5.75 Å². The average Bonchev–Trinajstić information content (AvgIpc) is 2.44. The molecule has 0 saturated carbocycles. The monoisotopic (exact) mass is 300 g/mol. The van der Waals surface area contributed by atoms with E-state index in [9.17, 15) is 9.90 Å². The number of carbonyl (C=O) groups excluding carboxylic acids is 1. The van der Waals surface area contributed by atoms with E-state index in [1.165, 1.54) is 0 Å². The summed E-state index contributed by atoms with van der Waals surface area (Å²) < 4.78 is 5.48. The summed E-state index contributed by atoms with van der Waals surface area (Å²) in [4.78, 5) is 11.0. The Hall–Kier alpha value is -1.30. The van der Waals surface area contributed by atoms with Gasteiger partial charge in [-0.1, -0.05) is 11.6 Å². The smallest absolute Gasteiger partial charge is 0.221 e. The van der Waals surface area contributed by atoms with Gasteiger partial charge in [0.2, 0.25) is 5.91 Å². The van der Waals surface area contributed by atoms with Crippen LogP contribution in [0.4, 0.5) is 0 Å². The molecule has 1 unspecified atom stereocenters. The Kier molecular flexibility index (Phi) is 7.36. The van der Waals surface area contributed by atoms with Crippen LogP contribution >= 0.6 is 11.6 Å². The maximum absolute atomic E-state index is 11.0. The third-order valence-corrected chi connectivity index (χ3v) is 3.18. The van der Waals surface area contributed by atoms with Crippen molar-refractivity contribution in [3.63, 3.8) is 0 Å². The number of hydrogen-bond donors (Lipinski definition) is 3. The number of benzene rings is 1. The Morgan fingerprint density at radius 2 is 2.25 bits per heavy atom. The number of ether oxygens (including phenoxy) is 1. The molecule has 1 rings (SSSR count). The van der Waals surface area contributed by atoms with Gasteiger partial charge in [0, 0.05) is 31.6 Å². The van der Waals surface area contributed by atoms with Gasteiger partial charge in [-0.3, -0.25) is 4.79 Å². The zero-order valence-electron chi connectivity index (χ0n) is 11.8. The van der Waals surface area contributed by atoms with E-state index >= 15 is 0 Å². The van der Waals surface area contributed by atoms with Gasteiger partial charge in [-0.2, -0.15) is 0 Å².